The highest BCUT2D eigenvalue weighted by Crippen LogP contribution is 2.43. The highest BCUT2D eigenvalue weighted by molar-refractivity contribution is 6.01. The van der Waals surface area contributed by atoms with E-state index in [1.165, 1.54) is 17.2 Å². The van der Waals surface area contributed by atoms with E-state index in [0.29, 0.717) is 5.56 Å². The number of allylic oxidation sites excluding steroid dienone is 1. The van der Waals surface area contributed by atoms with Gasteiger partial charge in [-0.15, -0.1) is 0 Å². The van der Waals surface area contributed by atoms with E-state index in [0.717, 1.165) is 47.2 Å². The van der Waals surface area contributed by atoms with Gasteiger partial charge in [-0.2, -0.15) is 0 Å². The van der Waals surface area contributed by atoms with Crippen LogP contribution in [0.2, 0.25) is 0 Å². The topological polar surface area (TPSA) is 46.2 Å². The molecule has 0 atom stereocenters. The molecule has 3 N–H and O–H groups in total. The molecule has 3 aromatic carbocycles. The van der Waals surface area contributed by atoms with Crippen molar-refractivity contribution in [3.05, 3.63) is 94.3 Å². The summed E-state index contributed by atoms with van der Waals surface area (Å²) in [5.41, 5.74) is 13.9. The fourth-order valence-corrected chi connectivity index (χ4v) is 3.89. The number of benzene rings is 3. The standard InChI is InChI=1S/C24H22FNO/c1-15-8-10-16(11-9-15)23-19-13-12-18(26)14-17(19)4-2-5-20(23)21-6-3-7-22(25)24(21)27/h3,6-14,27H,2,4-5,26H2,1H3. The maximum Gasteiger partial charge on any atom is 0.165 e. The highest BCUT2D eigenvalue weighted by Gasteiger charge is 2.22. The van der Waals surface area contributed by atoms with Crippen molar-refractivity contribution in [3.63, 3.8) is 0 Å². The predicted octanol–water partition coefficient (Wildman–Crippen LogP) is 5.72. The third-order valence-electron chi connectivity index (χ3n) is 5.23. The lowest BCUT2D eigenvalue weighted by molar-refractivity contribution is 0.430. The van der Waals surface area contributed by atoms with Gasteiger partial charge in [0, 0.05) is 11.3 Å². The molecule has 1 aliphatic carbocycles. The minimum atomic E-state index is -0.593. The second kappa shape index (κ2) is 6.92. The lowest BCUT2D eigenvalue weighted by Crippen LogP contribution is -1.98. The summed E-state index contributed by atoms with van der Waals surface area (Å²) >= 11 is 0. The van der Waals surface area contributed by atoms with Crippen molar-refractivity contribution >= 4 is 16.8 Å². The van der Waals surface area contributed by atoms with Gasteiger partial charge >= 0.3 is 0 Å². The second-order valence-corrected chi connectivity index (χ2v) is 7.13. The molecule has 0 amide bonds. The summed E-state index contributed by atoms with van der Waals surface area (Å²) in [6.45, 7) is 2.05. The molecule has 4 rings (SSSR count). The van der Waals surface area contributed by atoms with E-state index in [4.69, 9.17) is 5.73 Å². The number of hydrogen-bond donors (Lipinski definition) is 2. The first kappa shape index (κ1) is 17.3. The Labute approximate surface area is 158 Å². The number of halogens is 1. The molecule has 1 aliphatic rings. The number of nitrogen functional groups attached to an aromatic ring is 1. The molecule has 2 nitrogen and oxygen atoms in total. The Kier molecular flexibility index (Phi) is 4.44. The Bertz CT molecular complexity index is 1030. The molecule has 0 unspecified atom stereocenters. The normalized spacial score (nSPS) is 14.0. The van der Waals surface area contributed by atoms with Crippen LogP contribution >= 0.6 is 0 Å². The molecule has 0 aromatic heterocycles. The Morgan fingerprint density at radius 1 is 0.926 bits per heavy atom. The molecule has 0 saturated heterocycles. The second-order valence-electron chi connectivity index (χ2n) is 7.13. The summed E-state index contributed by atoms with van der Waals surface area (Å²) in [4.78, 5) is 0. The number of aromatic hydroxyl groups is 1. The van der Waals surface area contributed by atoms with Crippen LogP contribution in [-0.2, 0) is 6.42 Å². The lowest BCUT2D eigenvalue weighted by Gasteiger charge is -2.18. The molecule has 27 heavy (non-hydrogen) atoms. The van der Waals surface area contributed by atoms with Gasteiger partial charge in [0.2, 0.25) is 0 Å². The summed E-state index contributed by atoms with van der Waals surface area (Å²) in [5.74, 6) is -0.874. The number of anilines is 1. The SMILES string of the molecule is Cc1ccc(C2=C(c3cccc(F)c3O)CCCc3cc(N)ccc32)cc1. The number of phenolic OH excluding ortho intramolecular Hbond substituents is 1. The number of hydrogen-bond acceptors (Lipinski definition) is 2. The molecule has 3 aromatic rings. The van der Waals surface area contributed by atoms with Crippen molar-refractivity contribution in [2.24, 2.45) is 0 Å². The maximum absolute atomic E-state index is 14.1. The van der Waals surface area contributed by atoms with E-state index >= 15 is 0 Å². The van der Waals surface area contributed by atoms with Crippen molar-refractivity contribution in [2.75, 3.05) is 5.73 Å². The van der Waals surface area contributed by atoms with E-state index in [2.05, 4.69) is 31.2 Å². The molecule has 0 fully saturated rings. The fourth-order valence-electron chi connectivity index (χ4n) is 3.89. The number of phenols is 1. The molecule has 0 saturated carbocycles. The molecule has 136 valence electrons. The van der Waals surface area contributed by atoms with Gasteiger partial charge in [0.05, 0.1) is 0 Å². The van der Waals surface area contributed by atoms with Crippen LogP contribution in [0.4, 0.5) is 10.1 Å². The Morgan fingerprint density at radius 3 is 2.48 bits per heavy atom. The molecule has 0 heterocycles. The molecule has 0 spiro atoms. The number of para-hydroxylation sites is 1. The molecule has 0 aliphatic heterocycles. The largest absolute Gasteiger partial charge is 0.504 e. The average molecular weight is 359 g/mol. The zero-order valence-electron chi connectivity index (χ0n) is 15.3. The van der Waals surface area contributed by atoms with E-state index < -0.39 is 5.82 Å². The van der Waals surface area contributed by atoms with Gasteiger partial charge in [-0.1, -0.05) is 48.0 Å². The molecular weight excluding hydrogens is 337 g/mol. The number of nitrogens with two attached hydrogens (primary N) is 1. The van der Waals surface area contributed by atoms with E-state index in [1.54, 1.807) is 12.1 Å². The third-order valence-corrected chi connectivity index (χ3v) is 5.23. The van der Waals surface area contributed by atoms with Gasteiger partial charge in [-0.05, 0) is 72.2 Å². The van der Waals surface area contributed by atoms with Crippen LogP contribution in [0.25, 0.3) is 11.1 Å². The van der Waals surface area contributed by atoms with Gasteiger partial charge in [0.15, 0.2) is 11.6 Å². The summed E-state index contributed by atoms with van der Waals surface area (Å²) in [7, 11) is 0. The minimum absolute atomic E-state index is 0.281. The van der Waals surface area contributed by atoms with Gasteiger partial charge in [-0.3, -0.25) is 0 Å². The molecule has 0 bridgehead atoms. The summed E-state index contributed by atoms with van der Waals surface area (Å²) in [6, 6.07) is 19.0. The highest BCUT2D eigenvalue weighted by atomic mass is 19.1. The zero-order valence-corrected chi connectivity index (χ0v) is 15.3. The number of fused-ring (bicyclic) bond motifs is 1. The van der Waals surface area contributed by atoms with Crippen LogP contribution in [0.1, 0.15) is 40.7 Å². The van der Waals surface area contributed by atoms with Crippen LogP contribution in [0.15, 0.2) is 60.7 Å². The average Bonchev–Trinajstić information content (AvgIpc) is 2.84. The van der Waals surface area contributed by atoms with Crippen molar-refractivity contribution in [1.82, 2.24) is 0 Å². The van der Waals surface area contributed by atoms with Crippen molar-refractivity contribution in [1.29, 1.82) is 0 Å². The van der Waals surface area contributed by atoms with E-state index in [1.807, 2.05) is 18.2 Å². The quantitative estimate of drug-likeness (QED) is 0.575. The fraction of sp³-hybridized carbons (Fsp3) is 0.167. The summed E-state index contributed by atoms with van der Waals surface area (Å²) in [5, 5.41) is 10.4. The third kappa shape index (κ3) is 3.21. The van der Waals surface area contributed by atoms with Crippen molar-refractivity contribution in [3.8, 4) is 5.75 Å². The maximum atomic E-state index is 14.1. The first-order valence-corrected chi connectivity index (χ1v) is 9.21. The monoisotopic (exact) mass is 359 g/mol. The van der Waals surface area contributed by atoms with Gasteiger partial charge in [0.1, 0.15) is 0 Å². The van der Waals surface area contributed by atoms with Gasteiger partial charge in [0.25, 0.3) is 0 Å². The van der Waals surface area contributed by atoms with Crippen LogP contribution < -0.4 is 5.73 Å². The van der Waals surface area contributed by atoms with Crippen LogP contribution in [-0.4, -0.2) is 5.11 Å². The lowest BCUT2D eigenvalue weighted by atomic mass is 9.87. The van der Waals surface area contributed by atoms with Crippen LogP contribution in [0, 0.1) is 12.7 Å². The zero-order chi connectivity index (χ0) is 19.0. The molecule has 0 radical (unpaired) electrons. The molecular formula is C24H22FNO. The van der Waals surface area contributed by atoms with Gasteiger partial charge < -0.3 is 10.8 Å². The Balaban J connectivity index is 2.05. The Hall–Kier alpha value is -3.07. The summed E-state index contributed by atoms with van der Waals surface area (Å²) in [6.07, 6.45) is 2.57. The van der Waals surface area contributed by atoms with Crippen molar-refractivity contribution in [2.45, 2.75) is 26.2 Å². The first-order valence-electron chi connectivity index (χ1n) is 9.21. The van der Waals surface area contributed by atoms with Crippen molar-refractivity contribution < 1.29 is 9.50 Å². The van der Waals surface area contributed by atoms with Gasteiger partial charge in [-0.25, -0.2) is 4.39 Å². The number of aryl methyl sites for hydroxylation is 2. The molecule has 3 heteroatoms. The Morgan fingerprint density at radius 2 is 1.70 bits per heavy atom. The minimum Gasteiger partial charge on any atom is -0.504 e. The summed E-state index contributed by atoms with van der Waals surface area (Å²) < 4.78 is 14.1. The predicted molar refractivity (Wildman–Crippen MR) is 109 cm³/mol. The first-order chi connectivity index (χ1) is 13.0. The smallest absolute Gasteiger partial charge is 0.165 e. The van der Waals surface area contributed by atoms with E-state index in [-0.39, 0.29) is 5.75 Å². The van der Waals surface area contributed by atoms with Crippen LogP contribution in [0.3, 0.4) is 0 Å². The number of rotatable bonds is 2. The van der Waals surface area contributed by atoms with E-state index in [9.17, 15) is 9.50 Å². The van der Waals surface area contributed by atoms with Crippen LogP contribution in [0.5, 0.6) is 5.75 Å².